The summed E-state index contributed by atoms with van der Waals surface area (Å²) >= 11 is 0. The zero-order valence-electron chi connectivity index (χ0n) is 16.9. The first-order valence-electron chi connectivity index (χ1n) is 9.79. The summed E-state index contributed by atoms with van der Waals surface area (Å²) in [6, 6.07) is 5.21. The lowest BCUT2D eigenvalue weighted by atomic mass is 10.1. The number of nitrogens with two attached hydrogens (primary N) is 1. The number of amides is 1. The van der Waals surface area contributed by atoms with E-state index in [1.807, 2.05) is 0 Å². The summed E-state index contributed by atoms with van der Waals surface area (Å²) in [7, 11) is 1.56. The number of carbonyl (C=O) groups excluding carboxylic acids is 1. The van der Waals surface area contributed by atoms with Crippen molar-refractivity contribution in [1.82, 2.24) is 9.88 Å². The molecule has 0 unspecified atom stereocenters. The van der Waals surface area contributed by atoms with Crippen molar-refractivity contribution >= 4 is 5.91 Å². The van der Waals surface area contributed by atoms with Crippen molar-refractivity contribution in [2.24, 2.45) is 11.7 Å². The molecule has 0 saturated carbocycles. The highest BCUT2D eigenvalue weighted by Gasteiger charge is 2.26. The third-order valence-electron chi connectivity index (χ3n) is 4.78. The predicted molar refractivity (Wildman–Crippen MR) is 106 cm³/mol. The average molecular weight is 387 g/mol. The lowest BCUT2D eigenvalue weighted by molar-refractivity contribution is 0.0727. The number of fused-ring (bicyclic) bond motifs is 1. The van der Waals surface area contributed by atoms with Crippen molar-refractivity contribution < 1.29 is 18.7 Å². The van der Waals surface area contributed by atoms with Gasteiger partial charge in [-0.2, -0.15) is 0 Å². The summed E-state index contributed by atoms with van der Waals surface area (Å²) in [5.41, 5.74) is 6.91. The number of aryl methyl sites for hydroxylation is 1. The molecule has 3 rings (SSSR count). The smallest absolute Gasteiger partial charge is 0.254 e. The van der Waals surface area contributed by atoms with E-state index in [9.17, 15) is 4.79 Å². The maximum atomic E-state index is 13.0. The van der Waals surface area contributed by atoms with Crippen LogP contribution in [0.2, 0.25) is 0 Å². The zero-order chi connectivity index (χ0) is 20.1. The monoisotopic (exact) mass is 387 g/mol. The quantitative estimate of drug-likeness (QED) is 0.749. The number of ether oxygens (including phenoxy) is 2. The molecule has 2 heterocycles. The fraction of sp³-hybridized carbons (Fsp3) is 0.524. The Balaban J connectivity index is 1.70. The number of hydrogen-bond donors (Lipinski definition) is 1. The van der Waals surface area contributed by atoms with Gasteiger partial charge in [0.2, 0.25) is 0 Å². The van der Waals surface area contributed by atoms with E-state index in [1.165, 1.54) is 0 Å². The van der Waals surface area contributed by atoms with Crippen LogP contribution in [0.5, 0.6) is 11.5 Å². The van der Waals surface area contributed by atoms with Gasteiger partial charge in [0.05, 0.1) is 13.7 Å². The second-order valence-electron chi connectivity index (χ2n) is 7.39. The molecule has 2 N–H and O–H groups in total. The van der Waals surface area contributed by atoms with Gasteiger partial charge in [-0.05, 0) is 30.5 Å². The molecule has 7 heteroatoms. The third-order valence-corrected chi connectivity index (χ3v) is 4.78. The number of rotatable bonds is 8. The van der Waals surface area contributed by atoms with Crippen molar-refractivity contribution in [1.29, 1.82) is 0 Å². The van der Waals surface area contributed by atoms with Gasteiger partial charge in [-0.25, -0.2) is 4.98 Å². The molecule has 0 saturated heterocycles. The Kier molecular flexibility index (Phi) is 6.57. The van der Waals surface area contributed by atoms with Gasteiger partial charge >= 0.3 is 0 Å². The molecule has 1 aromatic carbocycles. The average Bonchev–Trinajstić information content (AvgIpc) is 3.12. The van der Waals surface area contributed by atoms with E-state index in [1.54, 1.807) is 30.2 Å². The lowest BCUT2D eigenvalue weighted by Crippen LogP contribution is -2.35. The molecule has 0 radical (unpaired) electrons. The van der Waals surface area contributed by atoms with Gasteiger partial charge in [-0.3, -0.25) is 4.79 Å². The van der Waals surface area contributed by atoms with E-state index in [0.717, 1.165) is 30.2 Å². The molecule has 152 valence electrons. The number of nitrogens with zero attached hydrogens (tertiary/aromatic N) is 2. The van der Waals surface area contributed by atoms with E-state index in [2.05, 4.69) is 18.8 Å². The van der Waals surface area contributed by atoms with Crippen LogP contribution in [0.15, 0.2) is 22.6 Å². The second kappa shape index (κ2) is 9.10. The first kappa shape index (κ1) is 20.2. The van der Waals surface area contributed by atoms with Crippen LogP contribution in [-0.4, -0.2) is 42.6 Å². The minimum absolute atomic E-state index is 0.0546. The van der Waals surface area contributed by atoms with Crippen LogP contribution in [0, 0.1) is 5.92 Å². The maximum absolute atomic E-state index is 13.0. The van der Waals surface area contributed by atoms with Crippen LogP contribution < -0.4 is 15.2 Å². The Morgan fingerprint density at radius 3 is 2.89 bits per heavy atom. The van der Waals surface area contributed by atoms with Crippen molar-refractivity contribution in [3.63, 3.8) is 0 Å². The Hall–Kier alpha value is -2.54. The van der Waals surface area contributed by atoms with E-state index < -0.39 is 0 Å². The van der Waals surface area contributed by atoms with E-state index in [0.29, 0.717) is 55.6 Å². The molecule has 0 atom stereocenters. The topological polar surface area (TPSA) is 90.8 Å². The van der Waals surface area contributed by atoms with Crippen LogP contribution in [0.25, 0.3) is 0 Å². The highest BCUT2D eigenvalue weighted by molar-refractivity contribution is 5.95. The number of methoxy groups -OCH3 is 1. The van der Waals surface area contributed by atoms with E-state index in [-0.39, 0.29) is 5.91 Å². The summed E-state index contributed by atoms with van der Waals surface area (Å²) in [4.78, 5) is 19.4. The summed E-state index contributed by atoms with van der Waals surface area (Å²) in [6.07, 6.45) is 2.56. The SMILES string of the molecule is COc1cc(C(=O)N2CCc3oc(CCC(C)C)nc3C2)ccc1OCCN. The number of aromatic nitrogens is 1. The van der Waals surface area contributed by atoms with Gasteiger partial charge in [0.1, 0.15) is 18.1 Å². The molecular formula is C21H29N3O4. The predicted octanol–water partition coefficient (Wildman–Crippen LogP) is 2.81. The fourth-order valence-corrected chi connectivity index (χ4v) is 3.22. The minimum Gasteiger partial charge on any atom is -0.493 e. The molecular weight excluding hydrogens is 358 g/mol. The Morgan fingerprint density at radius 2 is 2.18 bits per heavy atom. The van der Waals surface area contributed by atoms with Crippen molar-refractivity contribution in [2.75, 3.05) is 26.8 Å². The van der Waals surface area contributed by atoms with Crippen molar-refractivity contribution in [2.45, 2.75) is 39.7 Å². The number of hydrogen-bond acceptors (Lipinski definition) is 6. The van der Waals surface area contributed by atoms with Crippen LogP contribution >= 0.6 is 0 Å². The third kappa shape index (κ3) is 4.65. The van der Waals surface area contributed by atoms with Gasteiger partial charge in [-0.15, -0.1) is 0 Å². The van der Waals surface area contributed by atoms with Crippen molar-refractivity contribution in [3.8, 4) is 11.5 Å². The summed E-state index contributed by atoms with van der Waals surface area (Å²) in [5.74, 6) is 3.34. The van der Waals surface area contributed by atoms with Gasteiger partial charge in [0.25, 0.3) is 5.91 Å². The van der Waals surface area contributed by atoms with Crippen LogP contribution in [-0.2, 0) is 19.4 Å². The molecule has 2 aromatic rings. The zero-order valence-corrected chi connectivity index (χ0v) is 16.9. The molecule has 0 bridgehead atoms. The molecule has 1 aromatic heterocycles. The standard InChI is InChI=1S/C21H29N3O4/c1-14(2)4-7-20-23-16-13-24(10-8-17(16)28-20)21(25)15-5-6-18(27-11-9-22)19(12-15)26-3/h5-6,12,14H,4,7-11,13,22H2,1-3H3. The second-order valence-corrected chi connectivity index (χ2v) is 7.39. The Labute approximate surface area is 165 Å². The van der Waals surface area contributed by atoms with Gasteiger partial charge in [0, 0.05) is 31.5 Å². The molecule has 0 spiro atoms. The molecule has 28 heavy (non-hydrogen) atoms. The first-order chi connectivity index (χ1) is 13.5. The van der Waals surface area contributed by atoms with E-state index in [4.69, 9.17) is 19.6 Å². The van der Waals surface area contributed by atoms with Gasteiger partial charge in [-0.1, -0.05) is 13.8 Å². The highest BCUT2D eigenvalue weighted by atomic mass is 16.5. The van der Waals surface area contributed by atoms with Gasteiger partial charge < -0.3 is 24.5 Å². The molecule has 1 aliphatic heterocycles. The highest BCUT2D eigenvalue weighted by Crippen LogP contribution is 2.29. The fourth-order valence-electron chi connectivity index (χ4n) is 3.22. The Morgan fingerprint density at radius 1 is 1.36 bits per heavy atom. The normalized spacial score (nSPS) is 13.5. The van der Waals surface area contributed by atoms with Crippen LogP contribution in [0.3, 0.4) is 0 Å². The van der Waals surface area contributed by atoms with Gasteiger partial charge in [0.15, 0.2) is 17.4 Å². The summed E-state index contributed by atoms with van der Waals surface area (Å²) in [5, 5.41) is 0. The number of benzene rings is 1. The van der Waals surface area contributed by atoms with E-state index >= 15 is 0 Å². The molecule has 7 nitrogen and oxygen atoms in total. The van der Waals surface area contributed by atoms with Crippen molar-refractivity contribution in [3.05, 3.63) is 41.1 Å². The molecule has 0 fully saturated rings. The summed E-state index contributed by atoms with van der Waals surface area (Å²) < 4.78 is 16.8. The maximum Gasteiger partial charge on any atom is 0.254 e. The largest absolute Gasteiger partial charge is 0.493 e. The van der Waals surface area contributed by atoms with Crippen LogP contribution in [0.1, 0.15) is 48.0 Å². The Bertz CT molecular complexity index is 816. The van der Waals surface area contributed by atoms with Crippen LogP contribution in [0.4, 0.5) is 0 Å². The molecule has 1 amide bonds. The minimum atomic E-state index is -0.0546. The first-order valence-corrected chi connectivity index (χ1v) is 9.79. The summed E-state index contributed by atoms with van der Waals surface area (Å²) in [6.45, 7) is 6.25. The lowest BCUT2D eigenvalue weighted by Gasteiger charge is -2.25. The number of oxazole rings is 1. The molecule has 1 aliphatic rings. The number of carbonyl (C=O) groups is 1. The molecule has 0 aliphatic carbocycles.